The molecule has 0 unspecified atom stereocenters. The molecule has 0 aliphatic rings. The molecule has 0 bridgehead atoms. The number of hydrogen-bond acceptors (Lipinski definition) is 2. The highest BCUT2D eigenvalue weighted by Crippen LogP contribution is 2.19. The summed E-state index contributed by atoms with van der Waals surface area (Å²) >= 11 is 5.89. The Labute approximate surface area is 118 Å². The average molecular weight is 294 g/mol. The molecule has 3 rings (SSSR count). The van der Waals surface area contributed by atoms with Crippen molar-refractivity contribution in [3.8, 4) is 0 Å². The summed E-state index contributed by atoms with van der Waals surface area (Å²) in [5.41, 5.74) is 2.23. The minimum Gasteiger partial charge on any atom is -0.322 e. The number of aromatic nitrogens is 3. The van der Waals surface area contributed by atoms with Gasteiger partial charge in [0, 0.05) is 12.7 Å². The second-order valence-electron chi connectivity index (χ2n) is 4.36. The van der Waals surface area contributed by atoms with Crippen LogP contribution in [-0.4, -0.2) is 14.5 Å². The molecule has 0 atom stereocenters. The molecule has 3 aromatic rings. The highest BCUT2D eigenvalue weighted by Gasteiger charge is 2.11. The van der Waals surface area contributed by atoms with Gasteiger partial charge in [0.2, 0.25) is 0 Å². The van der Waals surface area contributed by atoms with Crippen LogP contribution in [0.1, 0.15) is 11.4 Å². The van der Waals surface area contributed by atoms with Gasteiger partial charge in [0.05, 0.1) is 17.6 Å². The molecule has 20 heavy (non-hydrogen) atoms. The summed E-state index contributed by atoms with van der Waals surface area (Å²) in [6, 6.07) is 5.66. The molecular weight excluding hydrogens is 284 g/mol. The maximum absolute atomic E-state index is 13.3. The fraction of sp³-hybridized carbons (Fsp3) is 0.143. The van der Waals surface area contributed by atoms with Gasteiger partial charge in [0.15, 0.2) is 11.6 Å². The average Bonchev–Trinajstić information content (AvgIpc) is 2.81. The van der Waals surface area contributed by atoms with Crippen LogP contribution >= 0.6 is 11.6 Å². The fourth-order valence-corrected chi connectivity index (χ4v) is 2.33. The Morgan fingerprint density at radius 3 is 2.75 bits per heavy atom. The normalized spacial score (nSPS) is 11.2. The smallest absolute Gasteiger partial charge is 0.159 e. The van der Waals surface area contributed by atoms with E-state index in [1.54, 1.807) is 18.5 Å². The van der Waals surface area contributed by atoms with E-state index in [0.29, 0.717) is 17.9 Å². The molecule has 0 aliphatic carbocycles. The van der Waals surface area contributed by atoms with Gasteiger partial charge in [0.1, 0.15) is 11.3 Å². The Kier molecular flexibility index (Phi) is 3.36. The van der Waals surface area contributed by atoms with E-state index in [0.717, 1.165) is 17.1 Å². The number of halogens is 3. The molecule has 2 aromatic heterocycles. The standard InChI is InChI=1S/C14H10ClF2N3/c15-6-14-19-12-7-18-4-3-13(12)20(14)8-9-1-2-10(16)11(17)5-9/h1-5,7H,6,8H2. The second kappa shape index (κ2) is 5.17. The van der Waals surface area contributed by atoms with Crippen LogP contribution in [0.4, 0.5) is 8.78 Å². The third-order valence-corrected chi connectivity index (χ3v) is 3.31. The molecular formula is C14H10ClF2N3. The second-order valence-corrected chi connectivity index (χ2v) is 4.63. The van der Waals surface area contributed by atoms with Crippen molar-refractivity contribution in [2.75, 3.05) is 0 Å². The van der Waals surface area contributed by atoms with Crippen LogP contribution in [0.2, 0.25) is 0 Å². The van der Waals surface area contributed by atoms with Gasteiger partial charge in [-0.3, -0.25) is 4.98 Å². The van der Waals surface area contributed by atoms with Crippen LogP contribution in [0.5, 0.6) is 0 Å². The maximum Gasteiger partial charge on any atom is 0.159 e. The summed E-state index contributed by atoms with van der Waals surface area (Å²) in [6.07, 6.45) is 3.30. The molecule has 0 N–H and O–H groups in total. The van der Waals surface area contributed by atoms with E-state index < -0.39 is 11.6 Å². The summed E-state index contributed by atoms with van der Waals surface area (Å²) in [4.78, 5) is 8.37. The van der Waals surface area contributed by atoms with Gasteiger partial charge in [-0.05, 0) is 23.8 Å². The number of pyridine rings is 1. The van der Waals surface area contributed by atoms with Crippen LogP contribution in [0.15, 0.2) is 36.7 Å². The lowest BCUT2D eigenvalue weighted by atomic mass is 10.2. The van der Waals surface area contributed by atoms with Gasteiger partial charge in [-0.2, -0.15) is 0 Å². The number of nitrogens with zero attached hydrogens (tertiary/aromatic N) is 3. The quantitative estimate of drug-likeness (QED) is 0.692. The van der Waals surface area contributed by atoms with Crippen LogP contribution in [0.25, 0.3) is 11.0 Å². The molecule has 0 spiro atoms. The Hall–Kier alpha value is -2.01. The summed E-state index contributed by atoms with van der Waals surface area (Å²) in [5.74, 6) is -0.815. The zero-order valence-corrected chi connectivity index (χ0v) is 11.1. The Balaban J connectivity index is 2.07. The molecule has 0 amide bonds. The van der Waals surface area contributed by atoms with Gasteiger partial charge < -0.3 is 4.57 Å². The molecule has 3 nitrogen and oxygen atoms in total. The summed E-state index contributed by atoms with van der Waals surface area (Å²) in [5, 5.41) is 0. The Morgan fingerprint density at radius 1 is 1.15 bits per heavy atom. The molecule has 0 saturated heterocycles. The molecule has 102 valence electrons. The van der Waals surface area contributed by atoms with Crippen molar-refractivity contribution in [2.45, 2.75) is 12.4 Å². The number of rotatable bonds is 3. The van der Waals surface area contributed by atoms with Crippen molar-refractivity contribution in [1.82, 2.24) is 14.5 Å². The van der Waals surface area contributed by atoms with Gasteiger partial charge in [-0.15, -0.1) is 11.6 Å². The SMILES string of the molecule is Fc1ccc(Cn2c(CCl)nc3cnccc32)cc1F. The van der Waals surface area contributed by atoms with Crippen LogP contribution in [0, 0.1) is 11.6 Å². The van der Waals surface area contributed by atoms with Crippen molar-refractivity contribution >= 4 is 22.6 Å². The number of imidazole rings is 1. The molecule has 1 aromatic carbocycles. The Bertz CT molecular complexity index is 770. The Morgan fingerprint density at radius 2 is 2.00 bits per heavy atom. The summed E-state index contributed by atoms with van der Waals surface area (Å²) < 4.78 is 28.1. The van der Waals surface area contributed by atoms with E-state index in [1.165, 1.54) is 6.07 Å². The highest BCUT2D eigenvalue weighted by atomic mass is 35.5. The van der Waals surface area contributed by atoms with Gasteiger partial charge in [-0.25, -0.2) is 13.8 Å². The summed E-state index contributed by atoms with van der Waals surface area (Å²) in [6.45, 7) is 0.375. The summed E-state index contributed by atoms with van der Waals surface area (Å²) in [7, 11) is 0. The fourth-order valence-electron chi connectivity index (χ4n) is 2.13. The van der Waals surface area contributed by atoms with Gasteiger partial charge >= 0.3 is 0 Å². The first-order valence-electron chi connectivity index (χ1n) is 5.98. The van der Waals surface area contributed by atoms with E-state index in [-0.39, 0.29) is 5.88 Å². The van der Waals surface area contributed by atoms with Crippen molar-refractivity contribution in [1.29, 1.82) is 0 Å². The molecule has 2 heterocycles. The van der Waals surface area contributed by atoms with Crippen LogP contribution in [-0.2, 0) is 12.4 Å². The van der Waals surface area contributed by atoms with E-state index in [1.807, 2.05) is 10.6 Å². The number of benzene rings is 1. The predicted octanol–water partition coefficient (Wildman–Crippen LogP) is 3.50. The molecule has 0 fully saturated rings. The zero-order valence-electron chi connectivity index (χ0n) is 10.4. The first-order valence-corrected chi connectivity index (χ1v) is 6.51. The molecule has 0 saturated carbocycles. The van der Waals surface area contributed by atoms with Crippen molar-refractivity contribution in [3.05, 3.63) is 59.7 Å². The lowest BCUT2D eigenvalue weighted by molar-refractivity contribution is 0.506. The van der Waals surface area contributed by atoms with Crippen molar-refractivity contribution in [2.24, 2.45) is 0 Å². The van der Waals surface area contributed by atoms with Crippen LogP contribution in [0.3, 0.4) is 0 Å². The monoisotopic (exact) mass is 293 g/mol. The van der Waals surface area contributed by atoms with Crippen molar-refractivity contribution in [3.63, 3.8) is 0 Å². The third-order valence-electron chi connectivity index (χ3n) is 3.07. The van der Waals surface area contributed by atoms with E-state index in [4.69, 9.17) is 11.6 Å². The van der Waals surface area contributed by atoms with E-state index >= 15 is 0 Å². The predicted molar refractivity (Wildman–Crippen MR) is 72.5 cm³/mol. The lowest BCUT2D eigenvalue weighted by Gasteiger charge is -2.08. The van der Waals surface area contributed by atoms with E-state index in [2.05, 4.69) is 9.97 Å². The first kappa shape index (κ1) is 13.0. The largest absolute Gasteiger partial charge is 0.322 e. The van der Waals surface area contributed by atoms with Gasteiger partial charge in [0.25, 0.3) is 0 Å². The lowest BCUT2D eigenvalue weighted by Crippen LogP contribution is -2.04. The molecule has 0 aliphatic heterocycles. The molecule has 0 radical (unpaired) electrons. The van der Waals surface area contributed by atoms with Gasteiger partial charge in [-0.1, -0.05) is 6.07 Å². The highest BCUT2D eigenvalue weighted by molar-refractivity contribution is 6.16. The topological polar surface area (TPSA) is 30.7 Å². The van der Waals surface area contributed by atoms with E-state index in [9.17, 15) is 8.78 Å². The number of fused-ring (bicyclic) bond motifs is 1. The first-order chi connectivity index (χ1) is 9.69. The molecule has 6 heteroatoms. The zero-order chi connectivity index (χ0) is 14.1. The minimum absolute atomic E-state index is 0.234. The number of alkyl halides is 1. The third kappa shape index (κ3) is 2.25. The van der Waals surface area contributed by atoms with Crippen molar-refractivity contribution < 1.29 is 8.78 Å². The maximum atomic E-state index is 13.3. The number of hydrogen-bond donors (Lipinski definition) is 0. The van der Waals surface area contributed by atoms with Crippen LogP contribution < -0.4 is 0 Å². The minimum atomic E-state index is -0.860.